The highest BCUT2D eigenvalue weighted by Gasteiger charge is 2.36. The number of pyridine rings is 1. The molecule has 82 valence electrons. The maximum absolute atomic E-state index is 11.5. The van der Waals surface area contributed by atoms with Crippen LogP contribution in [0.3, 0.4) is 0 Å². The molecule has 0 aliphatic heterocycles. The molecular weight excluding hydrogens is 192 g/mol. The summed E-state index contributed by atoms with van der Waals surface area (Å²) in [5.74, 6) is -0.321. The lowest BCUT2D eigenvalue weighted by molar-refractivity contribution is -0.152. The molecule has 0 bridgehead atoms. The largest absolute Gasteiger partial charge is 0.469 e. The Balaban J connectivity index is 2.94. The zero-order chi connectivity index (χ0) is 11.5. The predicted molar refractivity (Wildman–Crippen MR) is 57.0 cm³/mol. The van der Waals surface area contributed by atoms with Crippen LogP contribution in [0.25, 0.3) is 0 Å². The van der Waals surface area contributed by atoms with E-state index in [1.165, 1.54) is 7.11 Å². The van der Waals surface area contributed by atoms with Crippen LogP contribution in [-0.4, -0.2) is 18.1 Å². The molecule has 4 nitrogen and oxygen atoms in total. The number of aromatic nitrogens is 1. The Morgan fingerprint density at radius 1 is 1.60 bits per heavy atom. The second kappa shape index (κ2) is 4.40. The Labute approximate surface area is 89.5 Å². The van der Waals surface area contributed by atoms with Crippen molar-refractivity contribution in [3.63, 3.8) is 0 Å². The number of hydrogen-bond donors (Lipinski definition) is 1. The molecule has 0 aliphatic carbocycles. The van der Waals surface area contributed by atoms with Gasteiger partial charge in [-0.05, 0) is 25.5 Å². The molecule has 0 unspecified atom stereocenters. The van der Waals surface area contributed by atoms with Gasteiger partial charge in [-0.3, -0.25) is 9.78 Å². The Morgan fingerprint density at radius 2 is 2.27 bits per heavy atom. The molecule has 1 aromatic heterocycles. The van der Waals surface area contributed by atoms with Gasteiger partial charge in [-0.1, -0.05) is 6.07 Å². The molecule has 1 heterocycles. The summed E-state index contributed by atoms with van der Waals surface area (Å²) in [5, 5.41) is 0. The molecule has 1 atom stereocenters. The van der Waals surface area contributed by atoms with E-state index in [1.807, 2.05) is 6.07 Å². The summed E-state index contributed by atoms with van der Waals surface area (Å²) in [7, 11) is 1.36. The third-order valence-electron chi connectivity index (χ3n) is 2.53. The topological polar surface area (TPSA) is 65.2 Å². The summed E-state index contributed by atoms with van der Waals surface area (Å²) >= 11 is 0. The standard InChI is InChI=1S/C11H16N2O2/c1-11(2,10(14)15-3)9(12)8-5-4-6-13-7-8/h4-7,9H,12H2,1-3H3/t9-/m0/s1. The number of nitrogens with zero attached hydrogens (tertiary/aromatic N) is 1. The molecule has 0 aliphatic rings. The second-order valence-electron chi connectivity index (χ2n) is 3.98. The highest BCUT2D eigenvalue weighted by atomic mass is 16.5. The van der Waals surface area contributed by atoms with Crippen molar-refractivity contribution in [3.8, 4) is 0 Å². The fourth-order valence-corrected chi connectivity index (χ4v) is 1.37. The molecule has 4 heteroatoms. The first-order valence-electron chi connectivity index (χ1n) is 4.74. The third kappa shape index (κ3) is 2.33. The zero-order valence-corrected chi connectivity index (χ0v) is 9.23. The number of nitrogens with two attached hydrogens (primary N) is 1. The molecule has 0 spiro atoms. The minimum Gasteiger partial charge on any atom is -0.469 e. The molecule has 0 saturated carbocycles. The fourth-order valence-electron chi connectivity index (χ4n) is 1.37. The summed E-state index contributed by atoms with van der Waals surface area (Å²) in [6, 6.07) is 3.23. The monoisotopic (exact) mass is 208 g/mol. The van der Waals surface area contributed by atoms with Crippen molar-refractivity contribution in [2.75, 3.05) is 7.11 Å². The van der Waals surface area contributed by atoms with Gasteiger partial charge in [0.15, 0.2) is 0 Å². The van der Waals surface area contributed by atoms with Gasteiger partial charge in [0.2, 0.25) is 0 Å². The average Bonchev–Trinajstić information content (AvgIpc) is 2.28. The first-order chi connectivity index (χ1) is 7.00. The molecule has 1 aromatic rings. The molecule has 0 fully saturated rings. The van der Waals surface area contributed by atoms with E-state index >= 15 is 0 Å². The van der Waals surface area contributed by atoms with Crippen LogP contribution in [0.5, 0.6) is 0 Å². The maximum atomic E-state index is 11.5. The Hall–Kier alpha value is -1.42. The van der Waals surface area contributed by atoms with Gasteiger partial charge in [0.1, 0.15) is 0 Å². The highest BCUT2D eigenvalue weighted by Crippen LogP contribution is 2.31. The minimum absolute atomic E-state index is 0.321. The number of hydrogen-bond acceptors (Lipinski definition) is 4. The van der Waals surface area contributed by atoms with Crippen molar-refractivity contribution < 1.29 is 9.53 Å². The number of carbonyl (C=O) groups is 1. The van der Waals surface area contributed by atoms with Crippen LogP contribution in [0.2, 0.25) is 0 Å². The van der Waals surface area contributed by atoms with Crippen LogP contribution in [-0.2, 0) is 9.53 Å². The normalized spacial score (nSPS) is 13.3. The Morgan fingerprint density at radius 3 is 2.73 bits per heavy atom. The van der Waals surface area contributed by atoms with Crippen LogP contribution in [0.1, 0.15) is 25.5 Å². The molecule has 0 aromatic carbocycles. The number of esters is 1. The molecule has 0 amide bonds. The summed E-state index contributed by atoms with van der Waals surface area (Å²) in [4.78, 5) is 15.5. The number of rotatable bonds is 3. The lowest BCUT2D eigenvalue weighted by Crippen LogP contribution is -2.37. The number of ether oxygens (including phenoxy) is 1. The number of carbonyl (C=O) groups excluding carboxylic acids is 1. The second-order valence-corrected chi connectivity index (χ2v) is 3.98. The van der Waals surface area contributed by atoms with Gasteiger partial charge < -0.3 is 10.5 Å². The van der Waals surface area contributed by atoms with Gasteiger partial charge in [0.25, 0.3) is 0 Å². The van der Waals surface area contributed by atoms with Crippen molar-refractivity contribution in [2.24, 2.45) is 11.1 Å². The van der Waals surface area contributed by atoms with Crippen LogP contribution < -0.4 is 5.73 Å². The van der Waals surface area contributed by atoms with Gasteiger partial charge in [-0.2, -0.15) is 0 Å². The van der Waals surface area contributed by atoms with E-state index in [1.54, 1.807) is 32.3 Å². The highest BCUT2D eigenvalue weighted by molar-refractivity contribution is 5.77. The van der Waals surface area contributed by atoms with Crippen molar-refractivity contribution in [2.45, 2.75) is 19.9 Å². The van der Waals surface area contributed by atoms with Gasteiger partial charge in [-0.15, -0.1) is 0 Å². The first-order valence-corrected chi connectivity index (χ1v) is 4.74. The average molecular weight is 208 g/mol. The Bertz CT molecular complexity index is 336. The smallest absolute Gasteiger partial charge is 0.313 e. The minimum atomic E-state index is -0.752. The summed E-state index contributed by atoms with van der Waals surface area (Å²) < 4.78 is 4.72. The lowest BCUT2D eigenvalue weighted by Gasteiger charge is -2.28. The van der Waals surface area contributed by atoms with E-state index in [0.717, 1.165) is 5.56 Å². The van der Waals surface area contributed by atoms with E-state index in [2.05, 4.69) is 4.98 Å². The third-order valence-corrected chi connectivity index (χ3v) is 2.53. The van der Waals surface area contributed by atoms with E-state index in [9.17, 15) is 4.79 Å². The molecule has 15 heavy (non-hydrogen) atoms. The van der Waals surface area contributed by atoms with Crippen LogP contribution in [0.4, 0.5) is 0 Å². The first kappa shape index (κ1) is 11.7. The van der Waals surface area contributed by atoms with Crippen LogP contribution in [0, 0.1) is 5.41 Å². The van der Waals surface area contributed by atoms with E-state index in [4.69, 9.17) is 10.5 Å². The van der Waals surface area contributed by atoms with Gasteiger partial charge >= 0.3 is 5.97 Å². The predicted octanol–water partition coefficient (Wildman–Crippen LogP) is 1.28. The SMILES string of the molecule is COC(=O)C(C)(C)[C@@H](N)c1cccnc1. The molecule has 0 saturated heterocycles. The summed E-state index contributed by atoms with van der Waals surface area (Å²) in [6.45, 7) is 3.52. The molecular formula is C11H16N2O2. The quantitative estimate of drug-likeness (QED) is 0.760. The van der Waals surface area contributed by atoms with Crippen molar-refractivity contribution in [1.29, 1.82) is 0 Å². The molecule has 2 N–H and O–H groups in total. The van der Waals surface area contributed by atoms with Gasteiger partial charge in [-0.25, -0.2) is 0 Å². The maximum Gasteiger partial charge on any atom is 0.313 e. The molecule has 1 rings (SSSR count). The fraction of sp³-hybridized carbons (Fsp3) is 0.455. The lowest BCUT2D eigenvalue weighted by atomic mass is 9.81. The van der Waals surface area contributed by atoms with Crippen molar-refractivity contribution in [3.05, 3.63) is 30.1 Å². The number of methoxy groups -OCH3 is 1. The van der Waals surface area contributed by atoms with Crippen molar-refractivity contribution >= 4 is 5.97 Å². The zero-order valence-electron chi connectivity index (χ0n) is 9.23. The van der Waals surface area contributed by atoms with E-state index in [-0.39, 0.29) is 5.97 Å². The van der Waals surface area contributed by atoms with Gasteiger partial charge in [0.05, 0.1) is 12.5 Å². The van der Waals surface area contributed by atoms with E-state index in [0.29, 0.717) is 0 Å². The van der Waals surface area contributed by atoms with E-state index < -0.39 is 11.5 Å². The van der Waals surface area contributed by atoms with Crippen LogP contribution >= 0.6 is 0 Å². The Kier molecular flexibility index (Phi) is 3.42. The molecule has 0 radical (unpaired) electrons. The van der Waals surface area contributed by atoms with Crippen LogP contribution in [0.15, 0.2) is 24.5 Å². The van der Waals surface area contributed by atoms with Crippen molar-refractivity contribution in [1.82, 2.24) is 4.98 Å². The van der Waals surface area contributed by atoms with Gasteiger partial charge in [0, 0.05) is 18.4 Å². The summed E-state index contributed by atoms with van der Waals surface area (Å²) in [5.41, 5.74) is 6.08. The summed E-state index contributed by atoms with van der Waals surface area (Å²) in [6.07, 6.45) is 3.33.